The van der Waals surface area contributed by atoms with Gasteiger partial charge in [0.25, 0.3) is 11.8 Å². The molecule has 37 heavy (non-hydrogen) atoms. The minimum Gasteiger partial charge on any atom is -0.351 e. The molecule has 1 unspecified atom stereocenters. The van der Waals surface area contributed by atoms with Crippen LogP contribution in [0.25, 0.3) is 0 Å². The molecule has 4 N–H and O–H groups in total. The number of nitrogens with two attached hydrogens (primary N) is 1. The van der Waals surface area contributed by atoms with Crippen molar-refractivity contribution in [3.8, 4) is 0 Å². The molecule has 0 saturated carbocycles. The van der Waals surface area contributed by atoms with Crippen molar-refractivity contribution in [3.63, 3.8) is 0 Å². The zero-order valence-electron chi connectivity index (χ0n) is 21.2. The number of nitrogens with zero attached hydrogens (tertiary/aromatic N) is 1. The maximum Gasteiger partial charge on any atom is 0.258 e. The number of amides is 3. The number of benzene rings is 3. The number of rotatable bonds is 6. The average molecular weight is 563 g/mol. The second-order valence-electron chi connectivity index (χ2n) is 10.1. The van der Waals surface area contributed by atoms with Gasteiger partial charge in [-0.2, -0.15) is 0 Å². The zero-order chi connectivity index (χ0) is 26.7. The largest absolute Gasteiger partial charge is 0.351 e. The number of hydrogen-bond acceptors (Lipinski definition) is 4. The normalized spacial score (nSPS) is 15.4. The quantitative estimate of drug-likeness (QED) is 0.384. The van der Waals surface area contributed by atoms with E-state index < -0.39 is 6.04 Å². The molecule has 1 aliphatic rings. The molecule has 7 nitrogen and oxygen atoms in total. The van der Waals surface area contributed by atoms with Crippen LogP contribution in [-0.2, 0) is 4.79 Å². The van der Waals surface area contributed by atoms with E-state index in [1.165, 1.54) is 0 Å². The molecule has 3 aromatic carbocycles. The van der Waals surface area contributed by atoms with Crippen LogP contribution in [0.3, 0.4) is 0 Å². The molecule has 0 radical (unpaired) electrons. The van der Waals surface area contributed by atoms with E-state index in [1.54, 1.807) is 41.3 Å². The van der Waals surface area contributed by atoms with Crippen LogP contribution in [-0.4, -0.2) is 30.8 Å². The van der Waals surface area contributed by atoms with Crippen LogP contribution in [0.4, 0.5) is 11.4 Å². The maximum atomic E-state index is 14.0. The first-order chi connectivity index (χ1) is 17.6. The van der Waals surface area contributed by atoms with Crippen LogP contribution in [0.15, 0.2) is 71.2 Å². The second-order valence-corrected chi connectivity index (χ2v) is 11.1. The summed E-state index contributed by atoms with van der Waals surface area (Å²) in [5.74, 6) is -0.757. The van der Waals surface area contributed by atoms with Gasteiger partial charge in [0.1, 0.15) is 0 Å². The molecule has 3 aromatic rings. The van der Waals surface area contributed by atoms with E-state index in [0.29, 0.717) is 35.6 Å². The van der Waals surface area contributed by atoms with Crippen molar-refractivity contribution >= 4 is 45.0 Å². The summed E-state index contributed by atoms with van der Waals surface area (Å²) in [6, 6.07) is 19.5. The fourth-order valence-electron chi connectivity index (χ4n) is 4.18. The summed E-state index contributed by atoms with van der Waals surface area (Å²) in [5, 5.41) is 5.83. The molecule has 0 bridgehead atoms. The Morgan fingerprint density at radius 2 is 1.81 bits per heavy atom. The minimum absolute atomic E-state index is 0.0731. The summed E-state index contributed by atoms with van der Waals surface area (Å²) in [4.78, 5) is 41.6. The van der Waals surface area contributed by atoms with E-state index in [4.69, 9.17) is 5.73 Å². The summed E-state index contributed by atoms with van der Waals surface area (Å²) in [5.41, 5.74) is 9.28. The lowest BCUT2D eigenvalue weighted by Crippen LogP contribution is -2.38. The molecule has 0 aliphatic carbocycles. The van der Waals surface area contributed by atoms with Gasteiger partial charge < -0.3 is 16.4 Å². The number of halogens is 1. The third-order valence-corrected chi connectivity index (χ3v) is 7.01. The summed E-state index contributed by atoms with van der Waals surface area (Å²) in [6.07, 6.45) is 0.0731. The smallest absolute Gasteiger partial charge is 0.258 e. The third kappa shape index (κ3) is 6.09. The molecule has 0 aromatic heterocycles. The number of carbonyl (C=O) groups is 3. The predicted molar refractivity (Wildman–Crippen MR) is 150 cm³/mol. The molecule has 3 amide bonds. The summed E-state index contributed by atoms with van der Waals surface area (Å²) < 4.78 is 0.780. The van der Waals surface area contributed by atoms with Gasteiger partial charge >= 0.3 is 0 Å². The van der Waals surface area contributed by atoms with Gasteiger partial charge in [0.2, 0.25) is 5.91 Å². The van der Waals surface area contributed by atoms with Gasteiger partial charge in [0.05, 0.1) is 23.8 Å². The van der Waals surface area contributed by atoms with E-state index in [-0.39, 0.29) is 29.6 Å². The Morgan fingerprint density at radius 3 is 2.49 bits per heavy atom. The summed E-state index contributed by atoms with van der Waals surface area (Å²) >= 11 is 3.45. The van der Waals surface area contributed by atoms with E-state index in [0.717, 1.165) is 15.6 Å². The Labute approximate surface area is 225 Å². The fourth-order valence-corrected chi connectivity index (χ4v) is 4.58. The van der Waals surface area contributed by atoms with Crippen LogP contribution in [0.2, 0.25) is 0 Å². The Kier molecular flexibility index (Phi) is 7.80. The zero-order valence-corrected chi connectivity index (χ0v) is 22.8. The minimum atomic E-state index is -0.529. The van der Waals surface area contributed by atoms with E-state index >= 15 is 0 Å². The number of anilines is 2. The molecule has 1 heterocycles. The molecule has 8 heteroatoms. The average Bonchev–Trinajstić information content (AvgIpc) is 3.02. The van der Waals surface area contributed by atoms with Crippen molar-refractivity contribution in [2.75, 3.05) is 23.3 Å². The van der Waals surface area contributed by atoms with Crippen molar-refractivity contribution in [2.24, 2.45) is 11.1 Å². The molecule has 192 valence electrons. The van der Waals surface area contributed by atoms with Gasteiger partial charge in [-0.25, -0.2) is 0 Å². The molecule has 0 saturated heterocycles. The number of nitrogens with one attached hydrogen (secondary N) is 2. The van der Waals surface area contributed by atoms with Crippen LogP contribution in [0.1, 0.15) is 58.2 Å². The van der Waals surface area contributed by atoms with Gasteiger partial charge in [-0.3, -0.25) is 19.3 Å². The highest BCUT2D eigenvalue weighted by molar-refractivity contribution is 9.10. The summed E-state index contributed by atoms with van der Waals surface area (Å²) in [7, 11) is 0. The van der Waals surface area contributed by atoms with E-state index in [1.807, 2.05) is 51.1 Å². The SMILES string of the molecule is Cc1ccc(C2CC(=O)Nc3cc(C(=O)NCC(C)(C)CN)ccc3N2C(=O)c2cccc(Br)c2)cc1. The van der Waals surface area contributed by atoms with Gasteiger partial charge in [0, 0.05) is 22.1 Å². The first kappa shape index (κ1) is 26.6. The lowest BCUT2D eigenvalue weighted by molar-refractivity contribution is -0.116. The lowest BCUT2D eigenvalue weighted by Gasteiger charge is -2.31. The maximum absolute atomic E-state index is 14.0. The second kappa shape index (κ2) is 10.9. The molecule has 1 atom stereocenters. The van der Waals surface area contributed by atoms with E-state index in [9.17, 15) is 14.4 Å². The number of carbonyl (C=O) groups excluding carboxylic acids is 3. The Hall–Kier alpha value is -3.49. The molecule has 4 rings (SSSR count). The number of aryl methyl sites for hydroxylation is 1. The van der Waals surface area contributed by atoms with Crippen LogP contribution in [0, 0.1) is 12.3 Å². The van der Waals surface area contributed by atoms with Gasteiger partial charge in [-0.05, 0) is 60.8 Å². The molecular weight excluding hydrogens is 532 g/mol. The summed E-state index contributed by atoms with van der Waals surface area (Å²) in [6.45, 7) is 6.78. The van der Waals surface area contributed by atoms with Crippen LogP contribution in [0.5, 0.6) is 0 Å². The third-order valence-electron chi connectivity index (χ3n) is 6.52. The van der Waals surface area contributed by atoms with Crippen molar-refractivity contribution in [3.05, 3.63) is 93.5 Å². The number of fused-ring (bicyclic) bond motifs is 1. The topological polar surface area (TPSA) is 105 Å². The molecule has 0 fully saturated rings. The monoisotopic (exact) mass is 562 g/mol. The van der Waals surface area contributed by atoms with Gasteiger partial charge in [-0.15, -0.1) is 0 Å². The Balaban J connectivity index is 1.78. The van der Waals surface area contributed by atoms with Gasteiger partial charge in [0.15, 0.2) is 0 Å². The van der Waals surface area contributed by atoms with Gasteiger partial charge in [-0.1, -0.05) is 65.7 Å². The first-order valence-electron chi connectivity index (χ1n) is 12.2. The van der Waals surface area contributed by atoms with Crippen molar-refractivity contribution < 1.29 is 14.4 Å². The molecular formula is C29H31BrN4O3. The Bertz CT molecular complexity index is 1340. The van der Waals surface area contributed by atoms with Crippen LogP contribution >= 0.6 is 15.9 Å². The predicted octanol–water partition coefficient (Wildman–Crippen LogP) is 5.20. The molecule has 0 spiro atoms. The van der Waals surface area contributed by atoms with Crippen molar-refractivity contribution in [2.45, 2.75) is 33.2 Å². The van der Waals surface area contributed by atoms with Crippen LogP contribution < -0.4 is 21.3 Å². The Morgan fingerprint density at radius 1 is 1.08 bits per heavy atom. The highest BCUT2D eigenvalue weighted by Crippen LogP contribution is 2.40. The standard InChI is InChI=1S/C29H31BrN4O3/c1-18-7-9-19(10-8-18)25-15-26(35)33-23-14-20(27(36)32-17-29(2,3)16-31)11-12-24(23)34(25)28(37)21-5-4-6-22(30)13-21/h4-14,25H,15-17,31H2,1-3H3,(H,32,36)(H,33,35). The highest BCUT2D eigenvalue weighted by atomic mass is 79.9. The van der Waals surface area contributed by atoms with Crippen molar-refractivity contribution in [1.29, 1.82) is 0 Å². The fraction of sp³-hybridized carbons (Fsp3) is 0.276. The van der Waals surface area contributed by atoms with E-state index in [2.05, 4.69) is 26.6 Å². The van der Waals surface area contributed by atoms with Crippen molar-refractivity contribution in [1.82, 2.24) is 5.32 Å². The molecule has 1 aliphatic heterocycles. The highest BCUT2D eigenvalue weighted by Gasteiger charge is 2.34. The first-order valence-corrected chi connectivity index (χ1v) is 12.9. The lowest BCUT2D eigenvalue weighted by atomic mass is 9.94. The number of hydrogen-bond donors (Lipinski definition) is 3.